The van der Waals surface area contributed by atoms with Gasteiger partial charge in [0.25, 0.3) is 0 Å². The van der Waals surface area contributed by atoms with E-state index in [4.69, 9.17) is 0 Å². The fourth-order valence-electron chi connectivity index (χ4n) is 2.82. The summed E-state index contributed by atoms with van der Waals surface area (Å²) in [4.78, 5) is 12.5. The number of carbonyl (C=O) groups excluding carboxylic acids is 1. The van der Waals surface area contributed by atoms with Gasteiger partial charge < -0.3 is 10.6 Å². The first-order chi connectivity index (χ1) is 9.07. The average Bonchev–Trinajstić information content (AvgIpc) is 2.88. The van der Waals surface area contributed by atoms with E-state index in [9.17, 15) is 4.79 Å². The molecule has 1 aliphatic heterocycles. The van der Waals surface area contributed by atoms with Crippen LogP contribution in [0.3, 0.4) is 0 Å². The van der Waals surface area contributed by atoms with Gasteiger partial charge in [-0.1, -0.05) is 36.8 Å². The van der Waals surface area contributed by atoms with E-state index in [0.717, 1.165) is 31.4 Å². The summed E-state index contributed by atoms with van der Waals surface area (Å²) in [6.45, 7) is 7.14. The van der Waals surface area contributed by atoms with Crippen molar-refractivity contribution in [3.8, 4) is 0 Å². The van der Waals surface area contributed by atoms with Crippen LogP contribution in [0, 0.1) is 6.92 Å². The number of hydrogen-bond acceptors (Lipinski definition) is 2. The molecule has 3 nitrogen and oxygen atoms in total. The van der Waals surface area contributed by atoms with Crippen molar-refractivity contribution in [3.63, 3.8) is 0 Å². The molecule has 1 amide bonds. The molecule has 1 aromatic rings. The Labute approximate surface area is 115 Å². The van der Waals surface area contributed by atoms with Crippen molar-refractivity contribution in [1.29, 1.82) is 0 Å². The predicted molar refractivity (Wildman–Crippen MR) is 78.0 cm³/mol. The number of aryl methyl sites for hydroxylation is 1. The second-order valence-electron chi connectivity index (χ2n) is 5.58. The van der Waals surface area contributed by atoms with Gasteiger partial charge in [-0.3, -0.25) is 4.79 Å². The molecule has 104 valence electrons. The van der Waals surface area contributed by atoms with Gasteiger partial charge in [0.15, 0.2) is 0 Å². The smallest absolute Gasteiger partial charge is 0.240 e. The lowest BCUT2D eigenvalue weighted by atomic mass is 9.92. The summed E-state index contributed by atoms with van der Waals surface area (Å²) in [5, 5.41) is 6.53. The van der Waals surface area contributed by atoms with Gasteiger partial charge in [0, 0.05) is 0 Å². The lowest BCUT2D eigenvalue weighted by molar-refractivity contribution is -0.128. The van der Waals surface area contributed by atoms with Gasteiger partial charge in [-0.2, -0.15) is 0 Å². The minimum atomic E-state index is -0.349. The number of rotatable bonds is 4. The molecule has 2 rings (SSSR count). The van der Waals surface area contributed by atoms with Crippen LogP contribution in [0.2, 0.25) is 0 Å². The van der Waals surface area contributed by atoms with E-state index in [0.29, 0.717) is 0 Å². The Morgan fingerprint density at radius 2 is 2.32 bits per heavy atom. The molecular formula is C16H24N2O. The Kier molecular flexibility index (Phi) is 4.25. The van der Waals surface area contributed by atoms with Crippen LogP contribution >= 0.6 is 0 Å². The molecule has 2 atom stereocenters. The van der Waals surface area contributed by atoms with Crippen LogP contribution < -0.4 is 10.6 Å². The van der Waals surface area contributed by atoms with Crippen LogP contribution in [0.5, 0.6) is 0 Å². The minimum absolute atomic E-state index is 0.0539. The Morgan fingerprint density at radius 1 is 1.53 bits per heavy atom. The monoisotopic (exact) mass is 260 g/mol. The fourth-order valence-corrected chi connectivity index (χ4v) is 2.82. The fraction of sp³-hybridized carbons (Fsp3) is 0.562. The third kappa shape index (κ3) is 2.98. The molecule has 3 heteroatoms. The number of hydrogen-bond donors (Lipinski definition) is 2. The molecule has 2 N–H and O–H groups in total. The van der Waals surface area contributed by atoms with Gasteiger partial charge >= 0.3 is 0 Å². The highest BCUT2D eigenvalue weighted by molar-refractivity contribution is 5.87. The molecule has 1 aromatic carbocycles. The zero-order valence-corrected chi connectivity index (χ0v) is 12.1. The molecule has 1 aliphatic rings. The predicted octanol–water partition coefficient (Wildman–Crippen LogP) is 2.70. The van der Waals surface area contributed by atoms with Crippen LogP contribution in [-0.4, -0.2) is 18.0 Å². The molecule has 0 saturated carbocycles. The molecule has 0 aliphatic carbocycles. The summed E-state index contributed by atoms with van der Waals surface area (Å²) in [6.07, 6.45) is 2.87. The Bertz CT molecular complexity index is 450. The standard InChI is InChI=1S/C16H24N2O/c1-4-16(9-6-10-17-16)15(19)18-13(3)14-8-5-7-12(2)11-14/h5,7-8,11,13,17H,4,6,9-10H2,1-3H3,(H,18,19)/t13-,16?/m1/s1. The topological polar surface area (TPSA) is 41.1 Å². The maximum atomic E-state index is 12.5. The summed E-state index contributed by atoms with van der Waals surface area (Å²) in [6, 6.07) is 8.36. The lowest BCUT2D eigenvalue weighted by Crippen LogP contribution is -2.53. The molecule has 0 aromatic heterocycles. The number of benzene rings is 1. The zero-order valence-electron chi connectivity index (χ0n) is 12.1. The van der Waals surface area contributed by atoms with Gasteiger partial charge in [-0.15, -0.1) is 0 Å². The van der Waals surface area contributed by atoms with Crippen molar-refractivity contribution >= 4 is 5.91 Å². The molecule has 1 fully saturated rings. The minimum Gasteiger partial charge on any atom is -0.348 e. The summed E-state index contributed by atoms with van der Waals surface area (Å²) in [5.74, 6) is 0.140. The second kappa shape index (κ2) is 5.74. The number of amides is 1. The van der Waals surface area contributed by atoms with Gasteiger partial charge in [0.1, 0.15) is 0 Å². The summed E-state index contributed by atoms with van der Waals surface area (Å²) in [5.41, 5.74) is 2.04. The van der Waals surface area contributed by atoms with Gasteiger partial charge in [0.05, 0.1) is 11.6 Å². The normalized spacial score (nSPS) is 24.2. The molecule has 1 heterocycles. The van der Waals surface area contributed by atoms with Crippen molar-refractivity contribution in [3.05, 3.63) is 35.4 Å². The van der Waals surface area contributed by atoms with Crippen LogP contribution in [0.25, 0.3) is 0 Å². The third-order valence-corrected chi connectivity index (χ3v) is 4.17. The van der Waals surface area contributed by atoms with Crippen molar-refractivity contribution in [2.24, 2.45) is 0 Å². The van der Waals surface area contributed by atoms with Crippen molar-refractivity contribution in [2.45, 2.75) is 51.6 Å². The quantitative estimate of drug-likeness (QED) is 0.874. The third-order valence-electron chi connectivity index (χ3n) is 4.17. The molecule has 0 radical (unpaired) electrons. The van der Waals surface area contributed by atoms with Crippen molar-refractivity contribution in [1.82, 2.24) is 10.6 Å². The molecule has 19 heavy (non-hydrogen) atoms. The van der Waals surface area contributed by atoms with E-state index < -0.39 is 0 Å². The molecule has 1 unspecified atom stereocenters. The van der Waals surface area contributed by atoms with Crippen LogP contribution in [0.15, 0.2) is 24.3 Å². The SMILES string of the molecule is CCC1(C(=O)N[C@H](C)c2cccc(C)c2)CCCN1. The first kappa shape index (κ1) is 14.1. The Hall–Kier alpha value is -1.35. The largest absolute Gasteiger partial charge is 0.348 e. The zero-order chi connectivity index (χ0) is 13.9. The van der Waals surface area contributed by atoms with E-state index in [1.54, 1.807) is 0 Å². The van der Waals surface area contributed by atoms with Crippen molar-refractivity contribution < 1.29 is 4.79 Å². The maximum Gasteiger partial charge on any atom is 0.240 e. The molecule has 1 saturated heterocycles. The van der Waals surface area contributed by atoms with Gasteiger partial charge in [-0.25, -0.2) is 0 Å². The van der Waals surface area contributed by atoms with Crippen LogP contribution in [0.1, 0.15) is 50.3 Å². The highest BCUT2D eigenvalue weighted by Crippen LogP contribution is 2.24. The second-order valence-corrected chi connectivity index (χ2v) is 5.58. The Balaban J connectivity index is 2.06. The Morgan fingerprint density at radius 3 is 2.89 bits per heavy atom. The first-order valence-electron chi connectivity index (χ1n) is 7.20. The van der Waals surface area contributed by atoms with Gasteiger partial charge in [0.2, 0.25) is 5.91 Å². The lowest BCUT2D eigenvalue weighted by Gasteiger charge is -2.28. The highest BCUT2D eigenvalue weighted by Gasteiger charge is 2.39. The van der Waals surface area contributed by atoms with E-state index in [1.165, 1.54) is 5.56 Å². The number of nitrogens with one attached hydrogen (secondary N) is 2. The van der Waals surface area contributed by atoms with Crippen LogP contribution in [0.4, 0.5) is 0 Å². The first-order valence-corrected chi connectivity index (χ1v) is 7.20. The molecular weight excluding hydrogens is 236 g/mol. The van der Waals surface area contributed by atoms with E-state index in [-0.39, 0.29) is 17.5 Å². The maximum absolute atomic E-state index is 12.5. The summed E-state index contributed by atoms with van der Waals surface area (Å²) < 4.78 is 0. The average molecular weight is 260 g/mol. The summed E-state index contributed by atoms with van der Waals surface area (Å²) in [7, 11) is 0. The molecule has 0 spiro atoms. The van der Waals surface area contributed by atoms with Gasteiger partial charge in [-0.05, 0) is 45.2 Å². The van der Waals surface area contributed by atoms with E-state index in [2.05, 4.69) is 42.7 Å². The molecule has 0 bridgehead atoms. The van der Waals surface area contributed by atoms with E-state index in [1.807, 2.05) is 13.0 Å². The van der Waals surface area contributed by atoms with Crippen molar-refractivity contribution in [2.75, 3.05) is 6.54 Å². The van der Waals surface area contributed by atoms with E-state index >= 15 is 0 Å². The van der Waals surface area contributed by atoms with Crippen LogP contribution in [-0.2, 0) is 4.79 Å². The number of carbonyl (C=O) groups is 1. The summed E-state index contributed by atoms with van der Waals surface area (Å²) >= 11 is 0. The highest BCUT2D eigenvalue weighted by atomic mass is 16.2.